The lowest BCUT2D eigenvalue weighted by molar-refractivity contribution is -0.119. The number of carbonyl (C=O) groups is 1. The number of ketones is 1. The van der Waals surface area contributed by atoms with Crippen LogP contribution in [0, 0.1) is 0 Å². The van der Waals surface area contributed by atoms with E-state index in [2.05, 4.69) is 13.8 Å². The summed E-state index contributed by atoms with van der Waals surface area (Å²) in [7, 11) is 0. The molecule has 0 aliphatic heterocycles. The molecule has 0 aliphatic rings. The van der Waals surface area contributed by atoms with Gasteiger partial charge in [-0.25, -0.2) is 0 Å². The number of aliphatic hydroxyl groups is 1. The Balaban J connectivity index is 3.28. The van der Waals surface area contributed by atoms with Crippen molar-refractivity contribution in [1.29, 1.82) is 0 Å². The quantitative estimate of drug-likeness (QED) is 0.116. The highest BCUT2D eigenvalue weighted by Gasteiger charge is 2.08. The van der Waals surface area contributed by atoms with E-state index >= 15 is 0 Å². The third-order valence-electron chi connectivity index (χ3n) is 7.21. The fourth-order valence-corrected chi connectivity index (χ4v) is 4.80. The van der Waals surface area contributed by atoms with E-state index in [9.17, 15) is 9.90 Å². The lowest BCUT2D eigenvalue weighted by Crippen LogP contribution is -2.09. The maximum atomic E-state index is 12.1. The molecule has 1 atom stereocenters. The van der Waals surface area contributed by atoms with Crippen molar-refractivity contribution in [2.75, 3.05) is 0 Å². The molecule has 0 aliphatic carbocycles. The highest BCUT2D eigenvalue weighted by molar-refractivity contribution is 5.78. The van der Waals surface area contributed by atoms with Crippen molar-refractivity contribution in [3.8, 4) is 0 Å². The molecule has 0 saturated carbocycles. The summed E-state index contributed by atoms with van der Waals surface area (Å²) in [5, 5.41) is 10.2. The summed E-state index contributed by atoms with van der Waals surface area (Å²) in [4.78, 5) is 12.1. The largest absolute Gasteiger partial charge is 0.393 e. The second kappa shape index (κ2) is 27.9. The van der Waals surface area contributed by atoms with Gasteiger partial charge in [-0.15, -0.1) is 0 Å². The van der Waals surface area contributed by atoms with Crippen LogP contribution in [0.4, 0.5) is 0 Å². The molecule has 1 unspecified atom stereocenters. The molecule has 2 nitrogen and oxygen atoms in total. The van der Waals surface area contributed by atoms with E-state index < -0.39 is 0 Å². The van der Waals surface area contributed by atoms with E-state index in [1.165, 1.54) is 135 Å². The average molecular weight is 467 g/mol. The van der Waals surface area contributed by atoms with E-state index in [1.807, 2.05) is 0 Å². The molecule has 0 amide bonds. The third kappa shape index (κ3) is 27.8. The molecule has 0 spiro atoms. The van der Waals surface area contributed by atoms with Crippen LogP contribution in [0.1, 0.15) is 187 Å². The first-order valence-electron chi connectivity index (χ1n) is 15.4. The van der Waals surface area contributed by atoms with Crippen molar-refractivity contribution in [2.45, 2.75) is 193 Å². The lowest BCUT2D eigenvalue weighted by Gasteiger charge is -2.10. The first kappa shape index (κ1) is 32.6. The van der Waals surface area contributed by atoms with E-state index in [1.54, 1.807) is 0 Å². The summed E-state index contributed by atoms with van der Waals surface area (Å²) in [5.41, 5.74) is 0. The Bertz CT molecular complexity index is 379. The molecule has 0 aromatic heterocycles. The van der Waals surface area contributed by atoms with Crippen molar-refractivity contribution in [1.82, 2.24) is 0 Å². The number of hydrogen-bond donors (Lipinski definition) is 1. The Morgan fingerprint density at radius 3 is 1.18 bits per heavy atom. The third-order valence-corrected chi connectivity index (χ3v) is 7.21. The second-order valence-electron chi connectivity index (χ2n) is 10.7. The Morgan fingerprint density at radius 1 is 0.455 bits per heavy atom. The maximum Gasteiger partial charge on any atom is 0.133 e. The van der Waals surface area contributed by atoms with E-state index in [0.717, 1.165) is 25.7 Å². The highest BCUT2D eigenvalue weighted by atomic mass is 16.3. The van der Waals surface area contributed by atoms with Gasteiger partial charge in [0, 0.05) is 12.8 Å². The van der Waals surface area contributed by atoms with Gasteiger partial charge in [0.15, 0.2) is 0 Å². The molecule has 0 aromatic carbocycles. The van der Waals surface area contributed by atoms with E-state index in [-0.39, 0.29) is 6.10 Å². The molecular formula is C31H62O2. The monoisotopic (exact) mass is 466 g/mol. The van der Waals surface area contributed by atoms with Gasteiger partial charge in [-0.3, -0.25) is 4.79 Å². The summed E-state index contributed by atoms with van der Waals surface area (Å²) in [6, 6.07) is 0. The minimum atomic E-state index is -0.269. The maximum absolute atomic E-state index is 12.1. The van der Waals surface area contributed by atoms with Crippen LogP contribution in [0.5, 0.6) is 0 Å². The van der Waals surface area contributed by atoms with Gasteiger partial charge in [0.2, 0.25) is 0 Å². The van der Waals surface area contributed by atoms with E-state index in [0.29, 0.717) is 18.6 Å². The Morgan fingerprint density at radius 2 is 0.788 bits per heavy atom. The Kier molecular flexibility index (Phi) is 27.6. The molecule has 0 saturated heterocycles. The van der Waals surface area contributed by atoms with Crippen LogP contribution in [0.3, 0.4) is 0 Å². The minimum Gasteiger partial charge on any atom is -0.393 e. The zero-order valence-corrected chi connectivity index (χ0v) is 23.0. The lowest BCUT2D eigenvalue weighted by atomic mass is 10.0. The van der Waals surface area contributed by atoms with Gasteiger partial charge < -0.3 is 5.11 Å². The van der Waals surface area contributed by atoms with Crippen LogP contribution >= 0.6 is 0 Å². The zero-order valence-electron chi connectivity index (χ0n) is 23.0. The van der Waals surface area contributed by atoms with Crippen LogP contribution in [-0.2, 0) is 4.79 Å². The van der Waals surface area contributed by atoms with Gasteiger partial charge in [-0.1, -0.05) is 155 Å². The fourth-order valence-electron chi connectivity index (χ4n) is 4.80. The number of carbonyl (C=O) groups excluding carboxylic acids is 1. The summed E-state index contributed by atoms with van der Waals surface area (Å²) in [6.45, 7) is 4.55. The van der Waals surface area contributed by atoms with Gasteiger partial charge in [0.25, 0.3) is 0 Å². The molecule has 0 rings (SSSR count). The topological polar surface area (TPSA) is 37.3 Å². The van der Waals surface area contributed by atoms with Gasteiger partial charge in [0.1, 0.15) is 5.78 Å². The number of Topliss-reactive ketones (excluding diaryl/α,β-unsaturated/α-hetero) is 1. The normalized spacial score (nSPS) is 12.3. The second-order valence-corrected chi connectivity index (χ2v) is 10.7. The average Bonchev–Trinajstić information content (AvgIpc) is 2.82. The summed E-state index contributed by atoms with van der Waals surface area (Å²) in [6.07, 6.45) is 33.4. The van der Waals surface area contributed by atoms with Gasteiger partial charge >= 0.3 is 0 Å². The number of hydrogen-bond acceptors (Lipinski definition) is 2. The molecule has 2 heteroatoms. The van der Waals surface area contributed by atoms with Crippen LogP contribution < -0.4 is 0 Å². The van der Waals surface area contributed by atoms with Crippen molar-refractivity contribution < 1.29 is 9.90 Å². The number of rotatable bonds is 28. The highest BCUT2D eigenvalue weighted by Crippen LogP contribution is 2.15. The predicted molar refractivity (Wildman–Crippen MR) is 147 cm³/mol. The van der Waals surface area contributed by atoms with Crippen molar-refractivity contribution >= 4 is 5.78 Å². The molecule has 0 radical (unpaired) electrons. The molecule has 0 heterocycles. The standard InChI is InChI=1S/C31H62O2/c1-3-5-7-9-11-13-15-17-19-21-23-25-27-31(33)29-28-30(32)26-24-22-20-18-16-14-12-10-8-6-4-2/h31,33H,3-29H2,1-2H3. The fraction of sp³-hybridized carbons (Fsp3) is 0.968. The minimum absolute atomic E-state index is 0.269. The van der Waals surface area contributed by atoms with Gasteiger partial charge in [-0.2, -0.15) is 0 Å². The molecule has 0 bridgehead atoms. The van der Waals surface area contributed by atoms with Crippen molar-refractivity contribution in [2.24, 2.45) is 0 Å². The SMILES string of the molecule is CCCCCCCCCCCCCCC(O)CCC(=O)CCCCCCCCCCCCC. The summed E-state index contributed by atoms with van der Waals surface area (Å²) < 4.78 is 0. The molecular weight excluding hydrogens is 404 g/mol. The van der Waals surface area contributed by atoms with Crippen LogP contribution in [0.15, 0.2) is 0 Å². The van der Waals surface area contributed by atoms with Crippen molar-refractivity contribution in [3.63, 3.8) is 0 Å². The predicted octanol–water partition coefficient (Wildman–Crippen LogP) is 10.5. The van der Waals surface area contributed by atoms with Crippen molar-refractivity contribution in [3.05, 3.63) is 0 Å². The summed E-state index contributed by atoms with van der Waals surface area (Å²) >= 11 is 0. The summed E-state index contributed by atoms with van der Waals surface area (Å²) in [5.74, 6) is 0.361. The molecule has 0 aromatic rings. The Hall–Kier alpha value is -0.370. The molecule has 198 valence electrons. The zero-order chi connectivity index (χ0) is 24.2. The first-order chi connectivity index (χ1) is 16.2. The van der Waals surface area contributed by atoms with Gasteiger partial charge in [0.05, 0.1) is 6.10 Å². The van der Waals surface area contributed by atoms with E-state index in [4.69, 9.17) is 0 Å². The number of unbranched alkanes of at least 4 members (excludes halogenated alkanes) is 21. The smallest absolute Gasteiger partial charge is 0.133 e. The molecule has 1 N–H and O–H groups in total. The van der Waals surface area contributed by atoms with Gasteiger partial charge in [-0.05, 0) is 19.3 Å². The number of aliphatic hydroxyl groups excluding tert-OH is 1. The van der Waals surface area contributed by atoms with Crippen LogP contribution in [0.25, 0.3) is 0 Å². The first-order valence-corrected chi connectivity index (χ1v) is 15.4. The molecule has 33 heavy (non-hydrogen) atoms. The molecule has 0 fully saturated rings. The van der Waals surface area contributed by atoms with Crippen LogP contribution in [-0.4, -0.2) is 17.0 Å². The Labute approximate surface area is 209 Å². The van der Waals surface area contributed by atoms with Crippen LogP contribution in [0.2, 0.25) is 0 Å².